The van der Waals surface area contributed by atoms with Crippen LogP contribution in [0.15, 0.2) is 78.9 Å². The van der Waals surface area contributed by atoms with Gasteiger partial charge in [0.2, 0.25) is 5.91 Å². The second kappa shape index (κ2) is 10.0. The van der Waals surface area contributed by atoms with Gasteiger partial charge in [-0.3, -0.25) is 9.59 Å². The lowest BCUT2D eigenvalue weighted by Gasteiger charge is -2.10. The third kappa shape index (κ3) is 5.78. The molecule has 0 aliphatic heterocycles. The van der Waals surface area contributed by atoms with Crippen LogP contribution in [0.1, 0.15) is 32.7 Å². The number of esters is 1. The van der Waals surface area contributed by atoms with Crippen molar-refractivity contribution in [2.45, 2.75) is 12.8 Å². The van der Waals surface area contributed by atoms with Crippen LogP contribution in [0.2, 0.25) is 0 Å². The average Bonchev–Trinajstić information content (AvgIpc) is 2.78. The summed E-state index contributed by atoms with van der Waals surface area (Å²) in [6.45, 7) is 0. The fourth-order valence-electron chi connectivity index (χ4n) is 2.91. The molecule has 0 aliphatic carbocycles. The summed E-state index contributed by atoms with van der Waals surface area (Å²) < 4.78 is 4.68. The second-order valence-corrected chi connectivity index (χ2v) is 6.64. The Balaban J connectivity index is 1.60. The maximum Gasteiger partial charge on any atom is 0.337 e. The van der Waals surface area contributed by atoms with Crippen molar-refractivity contribution in [3.05, 3.63) is 95.6 Å². The van der Waals surface area contributed by atoms with E-state index in [0.29, 0.717) is 35.3 Å². The van der Waals surface area contributed by atoms with E-state index in [9.17, 15) is 14.4 Å². The van der Waals surface area contributed by atoms with Crippen molar-refractivity contribution in [1.82, 2.24) is 0 Å². The van der Waals surface area contributed by atoms with Gasteiger partial charge in [0.25, 0.3) is 5.91 Å². The van der Waals surface area contributed by atoms with Gasteiger partial charge in [0.15, 0.2) is 0 Å². The molecule has 30 heavy (non-hydrogen) atoms. The molecule has 0 radical (unpaired) electrons. The highest BCUT2D eigenvalue weighted by Crippen LogP contribution is 2.17. The third-order valence-electron chi connectivity index (χ3n) is 4.43. The Kier molecular flexibility index (Phi) is 6.95. The standard InChI is InChI=1S/C24H22N2O4/c1-30-24(29)19-10-5-9-18(15-19)23(28)26-21-12-6-11-20(16-21)25-22(27)14-13-17-7-3-2-4-8-17/h2-12,15-16H,13-14H2,1H3,(H,25,27)(H,26,28). The van der Waals surface area contributed by atoms with Gasteiger partial charge < -0.3 is 15.4 Å². The quantitative estimate of drug-likeness (QED) is 0.577. The summed E-state index contributed by atoms with van der Waals surface area (Å²) >= 11 is 0. The molecule has 0 bridgehead atoms. The lowest BCUT2D eigenvalue weighted by Crippen LogP contribution is -2.14. The van der Waals surface area contributed by atoms with Crippen LogP contribution in [0.4, 0.5) is 11.4 Å². The fourth-order valence-corrected chi connectivity index (χ4v) is 2.91. The molecule has 0 spiro atoms. The van der Waals surface area contributed by atoms with Crippen molar-refractivity contribution >= 4 is 29.2 Å². The van der Waals surface area contributed by atoms with Gasteiger partial charge in [-0.25, -0.2) is 4.79 Å². The van der Waals surface area contributed by atoms with E-state index in [1.165, 1.54) is 13.2 Å². The summed E-state index contributed by atoms with van der Waals surface area (Å²) in [5, 5.41) is 5.62. The van der Waals surface area contributed by atoms with Crippen molar-refractivity contribution in [3.8, 4) is 0 Å². The van der Waals surface area contributed by atoms with Crippen LogP contribution in [0, 0.1) is 0 Å². The van der Waals surface area contributed by atoms with E-state index in [0.717, 1.165) is 5.56 Å². The molecule has 0 saturated carbocycles. The van der Waals surface area contributed by atoms with Crippen molar-refractivity contribution < 1.29 is 19.1 Å². The molecule has 0 heterocycles. The molecule has 2 N–H and O–H groups in total. The first-order chi connectivity index (χ1) is 14.5. The van der Waals surface area contributed by atoms with Crippen LogP contribution >= 0.6 is 0 Å². The smallest absolute Gasteiger partial charge is 0.337 e. The van der Waals surface area contributed by atoms with Gasteiger partial charge in [0, 0.05) is 23.4 Å². The Hall–Kier alpha value is -3.93. The number of benzene rings is 3. The van der Waals surface area contributed by atoms with Gasteiger partial charge >= 0.3 is 5.97 Å². The Bertz CT molecular complexity index is 1050. The third-order valence-corrected chi connectivity index (χ3v) is 4.43. The van der Waals surface area contributed by atoms with Crippen LogP contribution < -0.4 is 10.6 Å². The molecule has 0 saturated heterocycles. The molecule has 3 aromatic carbocycles. The van der Waals surface area contributed by atoms with Crippen LogP contribution in [-0.2, 0) is 16.0 Å². The summed E-state index contributed by atoms with van der Waals surface area (Å²) in [4.78, 5) is 36.4. The van der Waals surface area contributed by atoms with Gasteiger partial charge in [-0.2, -0.15) is 0 Å². The monoisotopic (exact) mass is 402 g/mol. The van der Waals surface area contributed by atoms with E-state index in [2.05, 4.69) is 15.4 Å². The Morgan fingerprint density at radius 2 is 1.43 bits per heavy atom. The van der Waals surface area contributed by atoms with Crippen LogP contribution in [0.25, 0.3) is 0 Å². The summed E-state index contributed by atoms with van der Waals surface area (Å²) in [6.07, 6.45) is 1.01. The fraction of sp³-hybridized carbons (Fsp3) is 0.125. The summed E-state index contributed by atoms with van der Waals surface area (Å²) in [5.74, 6) is -0.980. The van der Waals surface area contributed by atoms with Gasteiger partial charge in [-0.1, -0.05) is 42.5 Å². The maximum atomic E-state index is 12.5. The lowest BCUT2D eigenvalue weighted by molar-refractivity contribution is -0.116. The number of anilines is 2. The SMILES string of the molecule is COC(=O)c1cccc(C(=O)Nc2cccc(NC(=O)CCc3ccccc3)c2)c1. The molecule has 6 heteroatoms. The Morgan fingerprint density at radius 3 is 2.17 bits per heavy atom. The van der Waals surface area contributed by atoms with Crippen molar-refractivity contribution in [2.75, 3.05) is 17.7 Å². The number of nitrogens with one attached hydrogen (secondary N) is 2. The van der Waals surface area contributed by atoms with Crippen LogP contribution in [0.5, 0.6) is 0 Å². The number of aryl methyl sites for hydroxylation is 1. The molecule has 0 aliphatic rings. The Morgan fingerprint density at radius 1 is 0.767 bits per heavy atom. The van der Waals surface area contributed by atoms with E-state index in [1.54, 1.807) is 42.5 Å². The number of hydrogen-bond acceptors (Lipinski definition) is 4. The topological polar surface area (TPSA) is 84.5 Å². The van der Waals surface area contributed by atoms with Crippen molar-refractivity contribution in [2.24, 2.45) is 0 Å². The maximum absolute atomic E-state index is 12.5. The zero-order valence-corrected chi connectivity index (χ0v) is 16.6. The zero-order valence-electron chi connectivity index (χ0n) is 16.6. The van der Waals surface area contributed by atoms with E-state index in [4.69, 9.17) is 0 Å². The van der Waals surface area contributed by atoms with E-state index < -0.39 is 5.97 Å². The molecular weight excluding hydrogens is 380 g/mol. The highest BCUT2D eigenvalue weighted by molar-refractivity contribution is 6.06. The summed E-state index contributed by atoms with van der Waals surface area (Å²) in [7, 11) is 1.29. The molecule has 2 amide bonds. The normalized spacial score (nSPS) is 10.2. The minimum atomic E-state index is -0.509. The zero-order chi connectivity index (χ0) is 21.3. The largest absolute Gasteiger partial charge is 0.465 e. The number of amides is 2. The van der Waals surface area contributed by atoms with Crippen LogP contribution in [0.3, 0.4) is 0 Å². The molecule has 6 nitrogen and oxygen atoms in total. The average molecular weight is 402 g/mol. The van der Waals surface area contributed by atoms with Crippen molar-refractivity contribution in [1.29, 1.82) is 0 Å². The Labute approximate surface area is 174 Å². The summed E-state index contributed by atoms with van der Waals surface area (Å²) in [5.41, 5.74) is 2.85. The molecule has 0 fully saturated rings. The number of methoxy groups -OCH3 is 1. The molecule has 152 valence electrons. The predicted molar refractivity (Wildman–Crippen MR) is 116 cm³/mol. The number of carbonyl (C=O) groups is 3. The summed E-state index contributed by atoms with van der Waals surface area (Å²) in [6, 6.07) is 23.0. The van der Waals surface area contributed by atoms with Gasteiger partial charge in [-0.15, -0.1) is 0 Å². The second-order valence-electron chi connectivity index (χ2n) is 6.64. The van der Waals surface area contributed by atoms with Gasteiger partial charge in [-0.05, 0) is 48.4 Å². The first kappa shape index (κ1) is 20.8. The first-order valence-electron chi connectivity index (χ1n) is 9.49. The van der Waals surface area contributed by atoms with Gasteiger partial charge in [0.1, 0.15) is 0 Å². The highest BCUT2D eigenvalue weighted by Gasteiger charge is 2.11. The first-order valence-corrected chi connectivity index (χ1v) is 9.49. The minimum Gasteiger partial charge on any atom is -0.465 e. The van der Waals surface area contributed by atoms with E-state index >= 15 is 0 Å². The van der Waals surface area contributed by atoms with Crippen LogP contribution in [-0.4, -0.2) is 24.9 Å². The van der Waals surface area contributed by atoms with E-state index in [-0.39, 0.29) is 11.8 Å². The lowest BCUT2D eigenvalue weighted by atomic mass is 10.1. The number of hydrogen-bond donors (Lipinski definition) is 2. The number of rotatable bonds is 7. The van der Waals surface area contributed by atoms with Crippen molar-refractivity contribution in [3.63, 3.8) is 0 Å². The molecule has 0 atom stereocenters. The molecular formula is C24H22N2O4. The highest BCUT2D eigenvalue weighted by atomic mass is 16.5. The minimum absolute atomic E-state index is 0.104. The predicted octanol–water partition coefficient (Wildman–Crippen LogP) is 4.30. The molecule has 0 aromatic heterocycles. The molecule has 3 aromatic rings. The molecule has 3 rings (SSSR count). The van der Waals surface area contributed by atoms with Gasteiger partial charge in [0.05, 0.1) is 12.7 Å². The van der Waals surface area contributed by atoms with E-state index in [1.807, 2.05) is 30.3 Å². The molecule has 0 unspecified atom stereocenters. The number of carbonyl (C=O) groups excluding carboxylic acids is 3. The number of ether oxygens (including phenoxy) is 1.